The zero-order chi connectivity index (χ0) is 15.5. The lowest BCUT2D eigenvalue weighted by molar-refractivity contribution is -0.384. The normalized spacial score (nSPS) is 17.2. The number of non-ortho nitro benzene ring substituents is 1. The Morgan fingerprint density at radius 1 is 1.38 bits per heavy atom. The number of carbonyl (C=O) groups is 1. The number of nitrogens with one attached hydrogen (secondary N) is 1. The average molecular weight is 355 g/mol. The van der Waals surface area contributed by atoms with Crippen LogP contribution in [0.1, 0.15) is 48.0 Å². The zero-order valence-corrected chi connectivity index (χ0v) is 13.6. The van der Waals surface area contributed by atoms with Crippen LogP contribution in [0.2, 0.25) is 0 Å². The number of hydrogen-bond acceptors (Lipinski definition) is 3. The van der Waals surface area contributed by atoms with Crippen molar-refractivity contribution in [2.24, 2.45) is 0 Å². The molecule has 6 heteroatoms. The van der Waals surface area contributed by atoms with E-state index in [1.165, 1.54) is 18.6 Å². The van der Waals surface area contributed by atoms with Crippen LogP contribution in [0.15, 0.2) is 18.2 Å². The van der Waals surface area contributed by atoms with Gasteiger partial charge in [-0.25, -0.2) is 0 Å². The van der Waals surface area contributed by atoms with Gasteiger partial charge in [-0.2, -0.15) is 0 Å². The van der Waals surface area contributed by atoms with Crippen LogP contribution in [-0.4, -0.2) is 21.7 Å². The largest absolute Gasteiger partial charge is 0.346 e. The first kappa shape index (κ1) is 15.9. The summed E-state index contributed by atoms with van der Waals surface area (Å²) in [6.45, 7) is 1.79. The van der Waals surface area contributed by atoms with Gasteiger partial charge in [0.1, 0.15) is 0 Å². The Morgan fingerprint density at radius 3 is 2.62 bits per heavy atom. The first-order valence-corrected chi connectivity index (χ1v) is 8.23. The second-order valence-electron chi connectivity index (χ2n) is 5.69. The summed E-state index contributed by atoms with van der Waals surface area (Å²) < 4.78 is 0. The smallest absolute Gasteiger partial charge is 0.270 e. The maximum Gasteiger partial charge on any atom is 0.270 e. The number of benzene rings is 1. The Hall–Kier alpha value is -1.43. The maximum atomic E-state index is 12.5. The van der Waals surface area contributed by atoms with Crippen molar-refractivity contribution in [2.75, 3.05) is 5.33 Å². The summed E-state index contributed by atoms with van der Waals surface area (Å²) in [6.07, 6.45) is 5.27. The lowest BCUT2D eigenvalue weighted by atomic mass is 9.83. The zero-order valence-electron chi connectivity index (χ0n) is 12.0. The lowest BCUT2D eigenvalue weighted by Gasteiger charge is -2.36. The van der Waals surface area contributed by atoms with Crippen molar-refractivity contribution in [3.63, 3.8) is 0 Å². The molecule has 1 N–H and O–H groups in total. The fourth-order valence-corrected chi connectivity index (χ4v) is 3.50. The minimum absolute atomic E-state index is 0.0534. The molecule has 0 aromatic heterocycles. The molecule has 1 aliphatic rings. The lowest BCUT2D eigenvalue weighted by Crippen LogP contribution is -2.51. The van der Waals surface area contributed by atoms with Gasteiger partial charge in [0.25, 0.3) is 11.6 Å². The molecule has 5 nitrogen and oxygen atoms in total. The highest BCUT2D eigenvalue weighted by atomic mass is 79.9. The molecule has 0 heterocycles. The summed E-state index contributed by atoms with van der Waals surface area (Å²) in [6, 6.07) is 4.40. The number of rotatable bonds is 4. The first-order valence-electron chi connectivity index (χ1n) is 7.11. The van der Waals surface area contributed by atoms with Crippen molar-refractivity contribution in [3.8, 4) is 0 Å². The fraction of sp³-hybridized carbons (Fsp3) is 0.533. The Bertz CT molecular complexity index is 554. The molecular formula is C15H19BrN2O3. The molecule has 2 rings (SSSR count). The standard InChI is InChI=1S/C15H19BrN2O3/c1-11-5-6-12(18(20)21)9-13(11)14(19)17-15(10-16)7-3-2-4-8-15/h5-6,9H,2-4,7-8,10H2,1H3,(H,17,19). The molecule has 114 valence electrons. The van der Waals surface area contributed by atoms with Gasteiger partial charge in [0.2, 0.25) is 0 Å². The number of alkyl halides is 1. The Morgan fingerprint density at radius 2 is 2.05 bits per heavy atom. The second-order valence-corrected chi connectivity index (χ2v) is 6.25. The van der Waals surface area contributed by atoms with Crippen molar-refractivity contribution in [1.82, 2.24) is 5.32 Å². The van der Waals surface area contributed by atoms with Crippen molar-refractivity contribution in [1.29, 1.82) is 0 Å². The number of carbonyl (C=O) groups excluding carboxylic acids is 1. The van der Waals surface area contributed by atoms with Crippen LogP contribution in [0.3, 0.4) is 0 Å². The highest BCUT2D eigenvalue weighted by Crippen LogP contribution is 2.30. The van der Waals surface area contributed by atoms with Crippen LogP contribution >= 0.6 is 15.9 Å². The molecule has 1 aromatic rings. The number of halogens is 1. The third kappa shape index (κ3) is 3.61. The Labute approximate surface area is 132 Å². The van der Waals surface area contributed by atoms with Crippen molar-refractivity contribution >= 4 is 27.5 Å². The summed E-state index contributed by atoms with van der Waals surface area (Å²) in [5.74, 6) is -0.224. The topological polar surface area (TPSA) is 72.2 Å². The fourth-order valence-electron chi connectivity index (χ4n) is 2.80. The molecule has 0 unspecified atom stereocenters. The van der Waals surface area contributed by atoms with Crippen molar-refractivity contribution in [2.45, 2.75) is 44.6 Å². The number of nitro groups is 1. The van der Waals surface area contributed by atoms with Crippen LogP contribution < -0.4 is 5.32 Å². The van der Waals surface area contributed by atoms with Gasteiger partial charge in [-0.1, -0.05) is 41.3 Å². The summed E-state index contributed by atoms with van der Waals surface area (Å²) in [5.41, 5.74) is 0.850. The molecule has 1 amide bonds. The van der Waals surface area contributed by atoms with Gasteiger partial charge in [0, 0.05) is 23.0 Å². The number of aryl methyl sites for hydroxylation is 1. The number of nitro benzene ring substituents is 1. The van der Waals surface area contributed by atoms with E-state index < -0.39 is 4.92 Å². The summed E-state index contributed by atoms with van der Waals surface area (Å²) in [4.78, 5) is 22.9. The van der Waals surface area contributed by atoms with Crippen molar-refractivity contribution < 1.29 is 9.72 Å². The Balaban J connectivity index is 2.23. The Kier molecular flexibility index (Phi) is 4.98. The number of amides is 1. The number of hydrogen-bond donors (Lipinski definition) is 1. The van der Waals surface area contributed by atoms with E-state index in [0.29, 0.717) is 10.9 Å². The maximum absolute atomic E-state index is 12.5. The van der Waals surface area contributed by atoms with Crippen LogP contribution in [0, 0.1) is 17.0 Å². The molecule has 0 bridgehead atoms. The minimum atomic E-state index is -0.475. The molecule has 21 heavy (non-hydrogen) atoms. The molecule has 1 fully saturated rings. The van der Waals surface area contributed by atoms with E-state index in [1.54, 1.807) is 13.0 Å². The summed E-state index contributed by atoms with van der Waals surface area (Å²) >= 11 is 3.50. The van der Waals surface area contributed by atoms with Gasteiger partial charge in [0.05, 0.1) is 10.5 Å². The minimum Gasteiger partial charge on any atom is -0.346 e. The summed E-state index contributed by atoms with van der Waals surface area (Å²) in [7, 11) is 0. The average Bonchev–Trinajstić information content (AvgIpc) is 2.48. The second kappa shape index (κ2) is 6.56. The van der Waals surface area contributed by atoms with Gasteiger partial charge in [-0.05, 0) is 25.3 Å². The van der Waals surface area contributed by atoms with E-state index in [9.17, 15) is 14.9 Å². The highest BCUT2D eigenvalue weighted by Gasteiger charge is 2.33. The van der Waals surface area contributed by atoms with Gasteiger partial charge < -0.3 is 5.32 Å². The van der Waals surface area contributed by atoms with E-state index >= 15 is 0 Å². The SMILES string of the molecule is Cc1ccc([N+](=O)[O-])cc1C(=O)NC1(CBr)CCCCC1. The van der Waals surface area contributed by atoms with E-state index in [1.807, 2.05) is 0 Å². The molecule has 0 radical (unpaired) electrons. The number of nitrogens with zero attached hydrogens (tertiary/aromatic N) is 1. The third-order valence-electron chi connectivity index (χ3n) is 4.12. The molecule has 1 aromatic carbocycles. The van der Waals surface area contributed by atoms with E-state index in [4.69, 9.17) is 0 Å². The summed E-state index contributed by atoms with van der Waals surface area (Å²) in [5, 5.41) is 14.7. The molecule has 0 spiro atoms. The van der Waals surface area contributed by atoms with Crippen LogP contribution in [-0.2, 0) is 0 Å². The monoisotopic (exact) mass is 354 g/mol. The van der Waals surface area contributed by atoms with Crippen LogP contribution in [0.4, 0.5) is 5.69 Å². The molecular weight excluding hydrogens is 336 g/mol. The molecule has 0 aliphatic heterocycles. The third-order valence-corrected chi connectivity index (χ3v) is 5.20. The molecule has 1 aliphatic carbocycles. The highest BCUT2D eigenvalue weighted by molar-refractivity contribution is 9.09. The van der Waals surface area contributed by atoms with Gasteiger partial charge in [-0.15, -0.1) is 0 Å². The van der Waals surface area contributed by atoms with Crippen LogP contribution in [0.5, 0.6) is 0 Å². The van der Waals surface area contributed by atoms with Gasteiger partial charge in [0.15, 0.2) is 0 Å². The van der Waals surface area contributed by atoms with Gasteiger partial charge in [-0.3, -0.25) is 14.9 Å². The van der Waals surface area contributed by atoms with Crippen molar-refractivity contribution in [3.05, 3.63) is 39.4 Å². The van der Waals surface area contributed by atoms with E-state index in [2.05, 4.69) is 21.2 Å². The van der Waals surface area contributed by atoms with E-state index in [-0.39, 0.29) is 17.1 Å². The quantitative estimate of drug-likeness (QED) is 0.508. The predicted octanol–water partition coefficient (Wildman–Crippen LogP) is 3.73. The molecule has 1 saturated carbocycles. The van der Waals surface area contributed by atoms with Crippen LogP contribution in [0.25, 0.3) is 0 Å². The first-order chi connectivity index (χ1) is 9.97. The van der Waals surface area contributed by atoms with Gasteiger partial charge >= 0.3 is 0 Å². The van der Waals surface area contributed by atoms with E-state index in [0.717, 1.165) is 31.2 Å². The molecule has 0 saturated heterocycles. The molecule has 0 atom stereocenters. The predicted molar refractivity (Wildman–Crippen MR) is 84.9 cm³/mol.